The first kappa shape index (κ1) is 17.1. The number of aliphatic hydroxyl groups is 1. The highest BCUT2D eigenvalue weighted by molar-refractivity contribution is 5.74. The van der Waals surface area contributed by atoms with E-state index in [2.05, 4.69) is 58.5 Å². The minimum atomic E-state index is -0.00259. The Balaban J connectivity index is 1.67. The van der Waals surface area contributed by atoms with Crippen LogP contribution in [0.5, 0.6) is 0 Å². The summed E-state index contributed by atoms with van der Waals surface area (Å²) in [5.41, 5.74) is 3.21. The van der Waals surface area contributed by atoms with E-state index in [0.29, 0.717) is 13.2 Å². The molecular formula is C23H23N3O2. The number of benzene rings is 2. The Kier molecular flexibility index (Phi) is 4.37. The SMILES string of the molecule is OC1=CC=NN2C1=CN1CCOCC1C2C(c1ccccc1)c1ccccc1. The van der Waals surface area contributed by atoms with E-state index in [1.54, 1.807) is 12.3 Å². The maximum absolute atomic E-state index is 10.5. The van der Waals surface area contributed by atoms with Crippen molar-refractivity contribution in [2.45, 2.75) is 18.0 Å². The second kappa shape index (κ2) is 7.17. The van der Waals surface area contributed by atoms with Gasteiger partial charge in [0.05, 0.1) is 31.5 Å². The van der Waals surface area contributed by atoms with E-state index < -0.39 is 0 Å². The van der Waals surface area contributed by atoms with Crippen LogP contribution < -0.4 is 0 Å². The summed E-state index contributed by atoms with van der Waals surface area (Å²) in [6, 6.07) is 21.2. The summed E-state index contributed by atoms with van der Waals surface area (Å²) in [5.74, 6) is 0.341. The molecule has 3 aliphatic heterocycles. The smallest absolute Gasteiger partial charge is 0.143 e. The van der Waals surface area contributed by atoms with E-state index in [0.717, 1.165) is 12.2 Å². The molecule has 3 heterocycles. The summed E-state index contributed by atoms with van der Waals surface area (Å²) in [4.78, 5) is 2.31. The van der Waals surface area contributed by atoms with Gasteiger partial charge in [-0.1, -0.05) is 60.7 Å². The summed E-state index contributed by atoms with van der Waals surface area (Å²) in [6.45, 7) is 2.15. The summed E-state index contributed by atoms with van der Waals surface area (Å²) >= 11 is 0. The van der Waals surface area contributed by atoms with Crippen molar-refractivity contribution in [2.24, 2.45) is 5.10 Å². The maximum atomic E-state index is 10.5. The quantitative estimate of drug-likeness (QED) is 0.895. The fourth-order valence-corrected chi connectivity index (χ4v) is 4.49. The minimum Gasteiger partial charge on any atom is -0.506 e. The predicted octanol–water partition coefficient (Wildman–Crippen LogP) is 3.49. The van der Waals surface area contributed by atoms with Gasteiger partial charge < -0.3 is 14.7 Å². The van der Waals surface area contributed by atoms with Crippen LogP contribution in [0, 0.1) is 0 Å². The number of nitrogens with zero attached hydrogens (tertiary/aromatic N) is 3. The number of allylic oxidation sites excluding steroid dienone is 1. The zero-order valence-electron chi connectivity index (χ0n) is 15.6. The molecule has 0 amide bonds. The number of hydrogen-bond donors (Lipinski definition) is 1. The van der Waals surface area contributed by atoms with Gasteiger partial charge in [0.25, 0.3) is 0 Å². The number of aliphatic hydroxyl groups excluding tert-OH is 1. The topological polar surface area (TPSA) is 48.3 Å². The van der Waals surface area contributed by atoms with Gasteiger partial charge in [-0.15, -0.1) is 0 Å². The van der Waals surface area contributed by atoms with E-state index in [4.69, 9.17) is 4.74 Å². The van der Waals surface area contributed by atoms with E-state index in [9.17, 15) is 5.11 Å². The molecule has 0 bridgehead atoms. The summed E-state index contributed by atoms with van der Waals surface area (Å²) < 4.78 is 5.87. The van der Waals surface area contributed by atoms with Crippen molar-refractivity contribution in [3.63, 3.8) is 0 Å². The molecule has 2 atom stereocenters. The van der Waals surface area contributed by atoms with Crippen molar-refractivity contribution < 1.29 is 9.84 Å². The largest absolute Gasteiger partial charge is 0.506 e. The van der Waals surface area contributed by atoms with Crippen molar-refractivity contribution in [3.8, 4) is 0 Å². The Morgan fingerprint density at radius 1 is 1.00 bits per heavy atom. The molecule has 0 aromatic heterocycles. The number of hydrazone groups is 1. The van der Waals surface area contributed by atoms with Crippen molar-refractivity contribution in [1.29, 1.82) is 0 Å². The molecule has 0 aliphatic carbocycles. The molecule has 3 aliphatic rings. The highest BCUT2D eigenvalue weighted by Gasteiger charge is 2.45. The fourth-order valence-electron chi connectivity index (χ4n) is 4.49. The Hall–Kier alpha value is -3.05. The molecule has 1 N–H and O–H groups in total. The minimum absolute atomic E-state index is 0.00259. The van der Waals surface area contributed by atoms with Crippen LogP contribution in [0.2, 0.25) is 0 Å². The average Bonchev–Trinajstić information content (AvgIpc) is 2.76. The zero-order chi connectivity index (χ0) is 18.9. The van der Waals surface area contributed by atoms with Crippen LogP contribution in [-0.4, -0.2) is 53.1 Å². The highest BCUT2D eigenvalue weighted by atomic mass is 16.5. The number of rotatable bonds is 3. The van der Waals surface area contributed by atoms with Gasteiger partial charge in [0.1, 0.15) is 11.5 Å². The Morgan fingerprint density at radius 3 is 2.36 bits per heavy atom. The van der Waals surface area contributed by atoms with Crippen LogP contribution in [0.1, 0.15) is 17.0 Å². The molecule has 0 saturated carbocycles. The molecule has 1 fully saturated rings. The van der Waals surface area contributed by atoms with Crippen LogP contribution >= 0.6 is 0 Å². The summed E-state index contributed by atoms with van der Waals surface area (Å²) in [7, 11) is 0. The first-order chi connectivity index (χ1) is 13.8. The third-order valence-electron chi connectivity index (χ3n) is 5.76. The van der Waals surface area contributed by atoms with Crippen LogP contribution in [0.3, 0.4) is 0 Å². The molecule has 28 heavy (non-hydrogen) atoms. The first-order valence-electron chi connectivity index (χ1n) is 9.71. The summed E-state index contributed by atoms with van der Waals surface area (Å²) in [6.07, 6.45) is 5.35. The lowest BCUT2D eigenvalue weighted by atomic mass is 9.79. The van der Waals surface area contributed by atoms with Crippen LogP contribution in [0.15, 0.2) is 89.5 Å². The summed E-state index contributed by atoms with van der Waals surface area (Å²) in [5, 5.41) is 17.2. The van der Waals surface area contributed by atoms with Crippen molar-refractivity contribution in [3.05, 3.63) is 95.5 Å². The number of hydrogen-bond acceptors (Lipinski definition) is 5. The molecule has 5 rings (SSSR count). The molecule has 5 heteroatoms. The van der Waals surface area contributed by atoms with Crippen molar-refractivity contribution in [1.82, 2.24) is 9.91 Å². The van der Waals surface area contributed by atoms with E-state index in [1.807, 2.05) is 23.3 Å². The van der Waals surface area contributed by atoms with Gasteiger partial charge in [-0.3, -0.25) is 5.01 Å². The van der Waals surface area contributed by atoms with E-state index in [1.165, 1.54) is 11.1 Å². The third kappa shape index (κ3) is 2.88. The molecule has 2 aromatic carbocycles. The van der Waals surface area contributed by atoms with Crippen LogP contribution in [-0.2, 0) is 4.74 Å². The molecule has 1 saturated heterocycles. The molecule has 2 aromatic rings. The van der Waals surface area contributed by atoms with E-state index >= 15 is 0 Å². The van der Waals surface area contributed by atoms with Gasteiger partial charge >= 0.3 is 0 Å². The number of ether oxygens (including phenoxy) is 1. The predicted molar refractivity (Wildman–Crippen MR) is 109 cm³/mol. The molecule has 0 radical (unpaired) electrons. The normalized spacial score (nSPS) is 23.8. The van der Waals surface area contributed by atoms with Gasteiger partial charge in [0.15, 0.2) is 0 Å². The number of morpholine rings is 1. The molecule has 5 nitrogen and oxygen atoms in total. The monoisotopic (exact) mass is 373 g/mol. The highest BCUT2D eigenvalue weighted by Crippen LogP contribution is 2.40. The van der Waals surface area contributed by atoms with Crippen molar-refractivity contribution >= 4 is 6.21 Å². The first-order valence-corrected chi connectivity index (χ1v) is 9.71. The Labute approximate surface area is 164 Å². The lowest BCUT2D eigenvalue weighted by Crippen LogP contribution is -2.60. The standard InChI is InChI=1S/C23H23N3O2/c27-21-11-12-24-26-19(21)15-25-13-14-28-16-20(25)23(26)22(17-7-3-1-4-8-17)18-9-5-2-6-10-18/h1-12,15,20,22-23,27H,13-14,16H2. The number of fused-ring (bicyclic) bond motifs is 2. The molecule has 142 valence electrons. The van der Waals surface area contributed by atoms with Crippen LogP contribution in [0.4, 0.5) is 0 Å². The molecule has 2 unspecified atom stereocenters. The van der Waals surface area contributed by atoms with Gasteiger partial charge in [0, 0.05) is 24.7 Å². The lowest BCUT2D eigenvalue weighted by Gasteiger charge is -2.50. The third-order valence-corrected chi connectivity index (χ3v) is 5.76. The van der Waals surface area contributed by atoms with Gasteiger partial charge in [0.2, 0.25) is 0 Å². The molecule has 0 spiro atoms. The van der Waals surface area contributed by atoms with Gasteiger partial charge in [-0.25, -0.2) is 0 Å². The second-order valence-electron chi connectivity index (χ2n) is 7.35. The Morgan fingerprint density at radius 2 is 1.68 bits per heavy atom. The fraction of sp³-hybridized carbons (Fsp3) is 0.261. The van der Waals surface area contributed by atoms with Crippen LogP contribution in [0.25, 0.3) is 0 Å². The molecular weight excluding hydrogens is 350 g/mol. The van der Waals surface area contributed by atoms with E-state index in [-0.39, 0.29) is 23.8 Å². The Bertz CT molecular complexity index is 884. The average molecular weight is 373 g/mol. The lowest BCUT2D eigenvalue weighted by molar-refractivity contribution is -0.0340. The zero-order valence-corrected chi connectivity index (χ0v) is 15.6. The van der Waals surface area contributed by atoms with Gasteiger partial charge in [-0.2, -0.15) is 5.10 Å². The second-order valence-corrected chi connectivity index (χ2v) is 7.35. The van der Waals surface area contributed by atoms with Crippen molar-refractivity contribution in [2.75, 3.05) is 19.8 Å². The van der Waals surface area contributed by atoms with Gasteiger partial charge in [-0.05, 0) is 11.1 Å². The maximum Gasteiger partial charge on any atom is 0.143 e.